The summed E-state index contributed by atoms with van der Waals surface area (Å²) in [5.41, 5.74) is 1.27. The lowest BCUT2D eigenvalue weighted by atomic mass is 10.1. The molecule has 0 saturated carbocycles. The first-order chi connectivity index (χ1) is 8.22. The summed E-state index contributed by atoms with van der Waals surface area (Å²) in [7, 11) is 0. The standard InChI is InChI=1S/C12H16BrN3S/c1-9-8-11(17-12(9)13)10(2-3-14)16-6-4-15-5-7-16/h8,10,15H,2,4-7H2,1H3/t10-/m1/s1. The van der Waals surface area contributed by atoms with E-state index in [2.05, 4.69) is 45.2 Å². The monoisotopic (exact) mass is 313 g/mol. The van der Waals surface area contributed by atoms with Gasteiger partial charge in [-0.05, 0) is 34.5 Å². The fourth-order valence-corrected chi connectivity index (χ4v) is 3.84. The van der Waals surface area contributed by atoms with E-state index in [1.54, 1.807) is 11.3 Å². The SMILES string of the molecule is Cc1cc([C@@H](CC#N)N2CCNCC2)sc1Br. The summed E-state index contributed by atoms with van der Waals surface area (Å²) in [4.78, 5) is 3.72. The van der Waals surface area contributed by atoms with E-state index in [1.807, 2.05) is 0 Å². The number of hydrogen-bond acceptors (Lipinski definition) is 4. The Labute approximate surface area is 115 Å². The molecule has 2 rings (SSSR count). The van der Waals surface area contributed by atoms with E-state index in [-0.39, 0.29) is 6.04 Å². The van der Waals surface area contributed by atoms with Crippen LogP contribution in [0.4, 0.5) is 0 Å². The maximum absolute atomic E-state index is 9.01. The molecule has 1 saturated heterocycles. The number of thiophene rings is 1. The highest BCUT2D eigenvalue weighted by Gasteiger charge is 2.23. The van der Waals surface area contributed by atoms with Gasteiger partial charge in [0.2, 0.25) is 0 Å². The normalized spacial score (nSPS) is 18.9. The minimum atomic E-state index is 0.261. The first-order valence-corrected chi connectivity index (χ1v) is 7.41. The van der Waals surface area contributed by atoms with Crippen molar-refractivity contribution in [3.05, 3.63) is 20.3 Å². The van der Waals surface area contributed by atoms with E-state index < -0.39 is 0 Å². The molecular formula is C12H16BrN3S. The molecule has 5 heteroatoms. The third-order valence-corrected chi connectivity index (χ3v) is 5.32. The first-order valence-electron chi connectivity index (χ1n) is 5.80. The quantitative estimate of drug-likeness (QED) is 0.932. The van der Waals surface area contributed by atoms with Crippen molar-refractivity contribution in [2.24, 2.45) is 0 Å². The molecule has 0 bridgehead atoms. The molecule has 1 aromatic rings. The number of halogens is 1. The maximum Gasteiger partial charge on any atom is 0.0731 e. The zero-order chi connectivity index (χ0) is 12.3. The van der Waals surface area contributed by atoms with Crippen molar-refractivity contribution < 1.29 is 0 Å². The van der Waals surface area contributed by atoms with Gasteiger partial charge >= 0.3 is 0 Å². The maximum atomic E-state index is 9.01. The van der Waals surface area contributed by atoms with Crippen molar-refractivity contribution in [1.82, 2.24) is 10.2 Å². The number of aryl methyl sites for hydroxylation is 1. The molecule has 1 aromatic heterocycles. The zero-order valence-electron chi connectivity index (χ0n) is 9.87. The molecule has 17 heavy (non-hydrogen) atoms. The number of hydrogen-bond donors (Lipinski definition) is 1. The summed E-state index contributed by atoms with van der Waals surface area (Å²) in [6.07, 6.45) is 0.576. The highest BCUT2D eigenvalue weighted by Crippen LogP contribution is 2.35. The number of nitrogens with zero attached hydrogens (tertiary/aromatic N) is 2. The molecule has 1 N–H and O–H groups in total. The Balaban J connectivity index is 2.18. The molecule has 0 amide bonds. The second kappa shape index (κ2) is 5.96. The summed E-state index contributed by atoms with van der Waals surface area (Å²) in [6, 6.07) is 4.79. The van der Waals surface area contributed by atoms with Gasteiger partial charge in [0.25, 0.3) is 0 Å². The van der Waals surface area contributed by atoms with Crippen LogP contribution >= 0.6 is 27.3 Å². The first kappa shape index (κ1) is 13.0. The van der Waals surface area contributed by atoms with E-state index in [0.717, 1.165) is 26.2 Å². The van der Waals surface area contributed by atoms with Gasteiger partial charge in [0.05, 0.1) is 22.3 Å². The van der Waals surface area contributed by atoms with Crippen molar-refractivity contribution in [1.29, 1.82) is 5.26 Å². The molecule has 0 aliphatic carbocycles. The van der Waals surface area contributed by atoms with Crippen molar-refractivity contribution >= 4 is 27.3 Å². The van der Waals surface area contributed by atoms with Gasteiger partial charge in [-0.1, -0.05) is 0 Å². The second-order valence-electron chi connectivity index (χ2n) is 4.27. The molecule has 1 fully saturated rings. The van der Waals surface area contributed by atoms with Crippen molar-refractivity contribution in [3.63, 3.8) is 0 Å². The van der Waals surface area contributed by atoms with Gasteiger partial charge < -0.3 is 5.32 Å². The van der Waals surface area contributed by atoms with Crippen LogP contribution in [0, 0.1) is 18.3 Å². The molecule has 0 unspecified atom stereocenters. The number of nitrogens with one attached hydrogen (secondary N) is 1. The predicted molar refractivity (Wildman–Crippen MR) is 74.2 cm³/mol. The van der Waals surface area contributed by atoms with Gasteiger partial charge in [0.15, 0.2) is 0 Å². The lowest BCUT2D eigenvalue weighted by molar-refractivity contribution is 0.178. The Hall–Kier alpha value is -0.410. The second-order valence-corrected chi connectivity index (χ2v) is 6.67. The van der Waals surface area contributed by atoms with Crippen molar-refractivity contribution in [3.8, 4) is 6.07 Å². The Morgan fingerprint density at radius 1 is 1.59 bits per heavy atom. The van der Waals surface area contributed by atoms with Gasteiger partial charge in [-0.15, -0.1) is 11.3 Å². The van der Waals surface area contributed by atoms with Gasteiger partial charge in [0, 0.05) is 31.1 Å². The van der Waals surface area contributed by atoms with Crippen LogP contribution in [0.5, 0.6) is 0 Å². The van der Waals surface area contributed by atoms with Gasteiger partial charge in [-0.3, -0.25) is 4.90 Å². The Morgan fingerprint density at radius 3 is 2.82 bits per heavy atom. The Kier molecular flexibility index (Phi) is 4.57. The Bertz CT molecular complexity index is 398. The smallest absolute Gasteiger partial charge is 0.0731 e. The van der Waals surface area contributed by atoms with Crippen LogP contribution in [-0.2, 0) is 0 Å². The molecule has 0 aromatic carbocycles. The number of rotatable bonds is 3. The van der Waals surface area contributed by atoms with E-state index in [9.17, 15) is 0 Å². The molecule has 2 heterocycles. The van der Waals surface area contributed by atoms with Crippen LogP contribution in [0.2, 0.25) is 0 Å². The van der Waals surface area contributed by atoms with Gasteiger partial charge in [0.1, 0.15) is 0 Å². The van der Waals surface area contributed by atoms with Gasteiger partial charge in [-0.25, -0.2) is 0 Å². The van der Waals surface area contributed by atoms with Crippen LogP contribution in [0.3, 0.4) is 0 Å². The third-order valence-electron chi connectivity index (χ3n) is 3.08. The highest BCUT2D eigenvalue weighted by atomic mass is 79.9. The zero-order valence-corrected chi connectivity index (χ0v) is 12.3. The van der Waals surface area contributed by atoms with Crippen LogP contribution in [0.25, 0.3) is 0 Å². The Morgan fingerprint density at radius 2 is 2.29 bits per heavy atom. The minimum Gasteiger partial charge on any atom is -0.314 e. The van der Waals surface area contributed by atoms with E-state index in [4.69, 9.17) is 5.26 Å². The van der Waals surface area contributed by atoms with Crippen LogP contribution in [0.1, 0.15) is 22.9 Å². The largest absolute Gasteiger partial charge is 0.314 e. The number of nitriles is 1. The summed E-state index contributed by atoms with van der Waals surface area (Å²) in [5.74, 6) is 0. The fourth-order valence-electron chi connectivity index (χ4n) is 2.14. The minimum absolute atomic E-state index is 0.261. The summed E-state index contributed by atoms with van der Waals surface area (Å²) in [5, 5.41) is 12.4. The predicted octanol–water partition coefficient (Wildman–Crippen LogP) is 2.68. The third kappa shape index (κ3) is 3.08. The molecule has 3 nitrogen and oxygen atoms in total. The summed E-state index contributed by atoms with van der Waals surface area (Å²) < 4.78 is 1.19. The molecule has 1 aliphatic heterocycles. The van der Waals surface area contributed by atoms with E-state index in [1.165, 1.54) is 14.2 Å². The van der Waals surface area contributed by atoms with E-state index >= 15 is 0 Å². The molecule has 0 spiro atoms. The topological polar surface area (TPSA) is 39.1 Å². The van der Waals surface area contributed by atoms with Crippen molar-refractivity contribution in [2.75, 3.05) is 26.2 Å². The number of piperazine rings is 1. The van der Waals surface area contributed by atoms with Crippen LogP contribution < -0.4 is 5.32 Å². The molecule has 1 atom stereocenters. The van der Waals surface area contributed by atoms with Crippen LogP contribution in [0.15, 0.2) is 9.85 Å². The molecule has 0 radical (unpaired) electrons. The van der Waals surface area contributed by atoms with Crippen molar-refractivity contribution in [2.45, 2.75) is 19.4 Å². The average Bonchev–Trinajstić information content (AvgIpc) is 2.67. The lowest BCUT2D eigenvalue weighted by Gasteiger charge is -2.33. The summed E-state index contributed by atoms with van der Waals surface area (Å²) >= 11 is 5.32. The van der Waals surface area contributed by atoms with Gasteiger partial charge in [-0.2, -0.15) is 5.26 Å². The summed E-state index contributed by atoms with van der Waals surface area (Å²) in [6.45, 7) is 6.20. The average molecular weight is 314 g/mol. The highest BCUT2D eigenvalue weighted by molar-refractivity contribution is 9.11. The lowest BCUT2D eigenvalue weighted by Crippen LogP contribution is -2.44. The molecular weight excluding hydrogens is 298 g/mol. The molecule has 92 valence electrons. The van der Waals surface area contributed by atoms with Crippen LogP contribution in [-0.4, -0.2) is 31.1 Å². The van der Waals surface area contributed by atoms with E-state index in [0.29, 0.717) is 6.42 Å². The fraction of sp³-hybridized carbons (Fsp3) is 0.583. The molecule has 1 aliphatic rings.